The quantitative estimate of drug-likeness (QED) is 0.868. The molecule has 0 spiro atoms. The van der Waals surface area contributed by atoms with Crippen LogP contribution in [-0.2, 0) is 10.3 Å². The molecule has 2 N–H and O–H groups in total. The summed E-state index contributed by atoms with van der Waals surface area (Å²) in [6, 6.07) is -0.150. The number of aromatic nitrogens is 2. The number of urea groups is 1. The number of hydrogen-bond donors (Lipinski definition) is 2. The van der Waals surface area contributed by atoms with Gasteiger partial charge < -0.3 is 15.3 Å². The first kappa shape index (κ1) is 16.3. The Hall–Kier alpha value is -2.05. The first-order valence-corrected chi connectivity index (χ1v) is 7.46. The van der Waals surface area contributed by atoms with Crippen LogP contribution in [0.2, 0.25) is 0 Å². The van der Waals surface area contributed by atoms with Gasteiger partial charge in [-0.25, -0.2) is 9.59 Å². The van der Waals surface area contributed by atoms with E-state index in [9.17, 15) is 14.7 Å². The monoisotopic (exact) mass is 308 g/mol. The summed E-state index contributed by atoms with van der Waals surface area (Å²) in [5.41, 5.74) is -0.446. The molecule has 7 nitrogen and oxygen atoms in total. The van der Waals surface area contributed by atoms with E-state index in [1.165, 1.54) is 4.68 Å². The van der Waals surface area contributed by atoms with E-state index in [-0.39, 0.29) is 11.6 Å². The molecule has 0 atom stereocenters. The molecular formula is C15H24N4O3. The van der Waals surface area contributed by atoms with Crippen LogP contribution in [0.15, 0.2) is 12.4 Å². The first-order chi connectivity index (χ1) is 10.1. The molecule has 0 aromatic carbocycles. The Morgan fingerprint density at radius 2 is 1.91 bits per heavy atom. The van der Waals surface area contributed by atoms with E-state index in [1.807, 2.05) is 27.7 Å². The highest BCUT2D eigenvalue weighted by Crippen LogP contribution is 2.30. The average Bonchev–Trinajstić information content (AvgIpc) is 2.83. The number of carbonyl (C=O) groups is 2. The Balaban J connectivity index is 2.11. The lowest BCUT2D eigenvalue weighted by Gasteiger charge is -2.39. The number of aliphatic carboxylic acids is 1. The molecule has 0 saturated carbocycles. The number of hydrogen-bond acceptors (Lipinski definition) is 3. The van der Waals surface area contributed by atoms with Gasteiger partial charge in [-0.05, 0) is 33.3 Å². The summed E-state index contributed by atoms with van der Waals surface area (Å²) in [5.74, 6) is -0.897. The summed E-state index contributed by atoms with van der Waals surface area (Å²) >= 11 is 0. The van der Waals surface area contributed by atoms with Crippen LogP contribution < -0.4 is 5.32 Å². The molecule has 22 heavy (non-hydrogen) atoms. The zero-order valence-electron chi connectivity index (χ0n) is 13.6. The Labute approximate surface area is 130 Å². The van der Waals surface area contributed by atoms with Gasteiger partial charge in [0.05, 0.1) is 6.20 Å². The largest absolute Gasteiger partial charge is 0.479 e. The minimum Gasteiger partial charge on any atom is -0.479 e. The van der Waals surface area contributed by atoms with E-state index in [4.69, 9.17) is 0 Å². The zero-order valence-corrected chi connectivity index (χ0v) is 13.6. The van der Waals surface area contributed by atoms with Crippen molar-refractivity contribution in [3.63, 3.8) is 0 Å². The second-order valence-electron chi connectivity index (χ2n) is 6.97. The van der Waals surface area contributed by atoms with Crippen molar-refractivity contribution in [2.45, 2.75) is 51.6 Å². The third-order valence-corrected chi connectivity index (χ3v) is 3.91. The van der Waals surface area contributed by atoms with Crippen LogP contribution in [0, 0.1) is 6.92 Å². The predicted molar refractivity (Wildman–Crippen MR) is 81.7 cm³/mol. The van der Waals surface area contributed by atoms with Gasteiger partial charge in [-0.15, -0.1) is 0 Å². The van der Waals surface area contributed by atoms with Crippen LogP contribution in [0.5, 0.6) is 0 Å². The minimum absolute atomic E-state index is 0.150. The van der Waals surface area contributed by atoms with Crippen molar-refractivity contribution in [2.75, 3.05) is 13.1 Å². The second-order valence-corrected chi connectivity index (χ2v) is 6.97. The van der Waals surface area contributed by atoms with E-state index in [1.54, 1.807) is 17.3 Å². The molecule has 1 aliphatic heterocycles. The van der Waals surface area contributed by atoms with Crippen molar-refractivity contribution in [3.05, 3.63) is 18.0 Å². The fraction of sp³-hybridized carbons (Fsp3) is 0.667. The molecule has 0 radical (unpaired) electrons. The van der Waals surface area contributed by atoms with Gasteiger partial charge in [0.25, 0.3) is 0 Å². The third-order valence-electron chi connectivity index (χ3n) is 3.91. The predicted octanol–water partition coefficient (Wildman–Crippen LogP) is 1.58. The number of nitrogens with one attached hydrogen (secondary N) is 1. The molecule has 1 aromatic rings. The third kappa shape index (κ3) is 3.23. The van der Waals surface area contributed by atoms with Gasteiger partial charge in [0, 0.05) is 37.7 Å². The van der Waals surface area contributed by atoms with E-state index < -0.39 is 11.5 Å². The van der Waals surface area contributed by atoms with Crippen LogP contribution in [0.1, 0.15) is 39.2 Å². The van der Waals surface area contributed by atoms with E-state index in [2.05, 4.69) is 10.4 Å². The van der Waals surface area contributed by atoms with Crippen LogP contribution in [0.25, 0.3) is 0 Å². The fourth-order valence-corrected chi connectivity index (χ4v) is 2.67. The van der Waals surface area contributed by atoms with Crippen LogP contribution >= 0.6 is 0 Å². The van der Waals surface area contributed by atoms with Gasteiger partial charge in [0.2, 0.25) is 0 Å². The molecule has 1 fully saturated rings. The number of rotatable bonds is 2. The molecule has 0 bridgehead atoms. The van der Waals surface area contributed by atoms with Gasteiger partial charge in [-0.3, -0.25) is 4.68 Å². The van der Waals surface area contributed by atoms with Gasteiger partial charge >= 0.3 is 12.0 Å². The molecule has 0 aliphatic carbocycles. The Kier molecular flexibility index (Phi) is 4.17. The number of nitrogens with zero attached hydrogens (tertiary/aromatic N) is 3. The summed E-state index contributed by atoms with van der Waals surface area (Å²) in [7, 11) is 0. The summed E-state index contributed by atoms with van der Waals surface area (Å²) in [4.78, 5) is 25.7. The number of carbonyl (C=O) groups excluding carboxylic acids is 1. The maximum Gasteiger partial charge on any atom is 0.331 e. The molecule has 2 amide bonds. The topological polar surface area (TPSA) is 87.5 Å². The average molecular weight is 308 g/mol. The highest BCUT2D eigenvalue weighted by Gasteiger charge is 2.45. The number of aryl methyl sites for hydroxylation is 1. The minimum atomic E-state index is -1.06. The highest BCUT2D eigenvalue weighted by molar-refractivity contribution is 5.78. The molecule has 122 valence electrons. The lowest BCUT2D eigenvalue weighted by molar-refractivity contribution is -0.150. The fourth-order valence-electron chi connectivity index (χ4n) is 2.67. The van der Waals surface area contributed by atoms with Crippen molar-refractivity contribution in [2.24, 2.45) is 0 Å². The lowest BCUT2D eigenvalue weighted by Crippen LogP contribution is -2.56. The normalized spacial score (nSPS) is 18.1. The van der Waals surface area contributed by atoms with Crippen molar-refractivity contribution < 1.29 is 14.7 Å². The molecule has 7 heteroatoms. The van der Waals surface area contributed by atoms with Gasteiger partial charge in [-0.1, -0.05) is 0 Å². The summed E-state index contributed by atoms with van der Waals surface area (Å²) in [5, 5.41) is 16.8. The van der Waals surface area contributed by atoms with Crippen molar-refractivity contribution in [1.29, 1.82) is 0 Å². The number of likely N-dealkylation sites (tertiary alicyclic amines) is 1. The molecule has 1 aromatic heterocycles. The smallest absolute Gasteiger partial charge is 0.331 e. The summed E-state index contributed by atoms with van der Waals surface area (Å²) < 4.78 is 1.53. The van der Waals surface area contributed by atoms with Crippen LogP contribution in [-0.4, -0.2) is 50.4 Å². The Morgan fingerprint density at radius 3 is 2.32 bits per heavy atom. The van der Waals surface area contributed by atoms with Crippen LogP contribution in [0.4, 0.5) is 4.79 Å². The lowest BCUT2D eigenvalue weighted by atomic mass is 9.87. The number of amides is 2. The molecule has 2 heterocycles. The van der Waals surface area contributed by atoms with Crippen molar-refractivity contribution >= 4 is 12.0 Å². The molecular weight excluding hydrogens is 284 g/mol. The SMILES string of the molecule is Cc1cnn(C2(C(=O)O)CCN(C(=O)NC(C)(C)C)CC2)c1. The van der Waals surface area contributed by atoms with E-state index >= 15 is 0 Å². The number of carboxylic acid groups (broad SMARTS) is 1. The second kappa shape index (κ2) is 5.62. The number of piperidine rings is 1. The summed E-state index contributed by atoms with van der Waals surface area (Å²) in [6.45, 7) is 8.43. The molecule has 2 rings (SSSR count). The first-order valence-electron chi connectivity index (χ1n) is 7.46. The van der Waals surface area contributed by atoms with E-state index in [0.29, 0.717) is 25.9 Å². The Bertz CT molecular complexity index is 566. The maximum atomic E-state index is 12.2. The Morgan fingerprint density at radius 1 is 1.32 bits per heavy atom. The molecule has 0 unspecified atom stereocenters. The van der Waals surface area contributed by atoms with Crippen LogP contribution in [0.3, 0.4) is 0 Å². The zero-order chi connectivity index (χ0) is 16.5. The highest BCUT2D eigenvalue weighted by atomic mass is 16.4. The van der Waals surface area contributed by atoms with Gasteiger partial charge in [0.15, 0.2) is 5.54 Å². The van der Waals surface area contributed by atoms with E-state index in [0.717, 1.165) is 5.56 Å². The van der Waals surface area contributed by atoms with Crippen molar-refractivity contribution in [3.8, 4) is 0 Å². The maximum absolute atomic E-state index is 12.2. The van der Waals surface area contributed by atoms with Gasteiger partial charge in [-0.2, -0.15) is 5.10 Å². The van der Waals surface area contributed by atoms with Crippen molar-refractivity contribution in [1.82, 2.24) is 20.0 Å². The summed E-state index contributed by atoms with van der Waals surface area (Å²) in [6.07, 6.45) is 4.10. The molecule has 1 saturated heterocycles. The number of carboxylic acids is 1. The standard InChI is InChI=1S/C15H24N4O3/c1-11-9-16-19(10-11)15(12(20)21)5-7-18(8-6-15)13(22)17-14(2,3)4/h9-10H,5-8H2,1-4H3,(H,17,22)(H,20,21). The molecule has 1 aliphatic rings. The van der Waals surface area contributed by atoms with Gasteiger partial charge in [0.1, 0.15) is 0 Å².